The maximum Gasteiger partial charge on any atom is 0.312 e. The van der Waals surface area contributed by atoms with Crippen LogP contribution in [0.5, 0.6) is 0 Å². The molecule has 0 fully saturated rings. The Morgan fingerprint density at radius 2 is 1.42 bits per heavy atom. The quantitative estimate of drug-likeness (QED) is 0.128. The topological polar surface area (TPSA) is 211 Å². The van der Waals surface area contributed by atoms with E-state index in [1.807, 2.05) is 0 Å². The highest BCUT2D eigenvalue weighted by molar-refractivity contribution is 6.13. The Labute approximate surface area is 209 Å². The third kappa shape index (κ3) is 11.1. The number of urea groups is 2. The first kappa shape index (κ1) is 30.3. The van der Waals surface area contributed by atoms with Crippen LogP contribution in [-0.4, -0.2) is 71.9 Å². The van der Waals surface area contributed by atoms with E-state index >= 15 is 0 Å². The van der Waals surface area contributed by atoms with Crippen molar-refractivity contribution in [3.8, 4) is 0 Å². The third-order valence-corrected chi connectivity index (χ3v) is 5.60. The van der Waals surface area contributed by atoms with E-state index in [0.717, 1.165) is 17.1 Å². The minimum Gasteiger partial charge on any atom is -0.352 e. The van der Waals surface area contributed by atoms with E-state index in [0.29, 0.717) is 19.3 Å². The number of imide groups is 1. The molecule has 7 amide bonds. The van der Waals surface area contributed by atoms with Gasteiger partial charge in [-0.3, -0.25) is 28.9 Å². The summed E-state index contributed by atoms with van der Waals surface area (Å²) in [4.78, 5) is 84.4. The largest absolute Gasteiger partial charge is 0.352 e. The van der Waals surface area contributed by atoms with Crippen molar-refractivity contribution in [2.75, 3.05) is 19.6 Å². The summed E-state index contributed by atoms with van der Waals surface area (Å²) in [7, 11) is 0. The molecule has 200 valence electrons. The molecule has 0 radical (unpaired) electrons. The smallest absolute Gasteiger partial charge is 0.312 e. The maximum absolute atomic E-state index is 13.2. The van der Waals surface area contributed by atoms with Gasteiger partial charge in [0.1, 0.15) is 5.78 Å². The van der Waals surface area contributed by atoms with Gasteiger partial charge in [-0.05, 0) is 25.7 Å². The minimum absolute atomic E-state index is 0.110. The van der Waals surface area contributed by atoms with Crippen LogP contribution in [0.15, 0.2) is 12.2 Å². The lowest BCUT2D eigenvalue weighted by Gasteiger charge is -2.23. The van der Waals surface area contributed by atoms with Crippen molar-refractivity contribution in [3.63, 3.8) is 0 Å². The number of Topliss-reactive ketones (excluding diaryl/α,β-unsaturated/α-hetero) is 2. The predicted octanol–water partition coefficient (Wildman–Crippen LogP) is -0.516. The van der Waals surface area contributed by atoms with Crippen LogP contribution in [0.3, 0.4) is 0 Å². The van der Waals surface area contributed by atoms with Crippen LogP contribution in [0.4, 0.5) is 9.59 Å². The average Bonchev–Trinajstić information content (AvgIpc) is 3.12. The SMILES string of the molecule is CC(C)C(=O)[C@H](CCCNC(N)=O)CC(=O)[C@H](CCCNC(N)=O)NC(=O)CCN1C(=O)C=CC1=O. The summed E-state index contributed by atoms with van der Waals surface area (Å²) in [5.74, 6) is -2.97. The first-order valence-electron chi connectivity index (χ1n) is 11.9. The molecular weight excluding hydrogens is 472 g/mol. The Bertz CT molecular complexity index is 868. The van der Waals surface area contributed by atoms with E-state index in [1.54, 1.807) is 13.8 Å². The molecule has 0 aromatic carbocycles. The molecule has 1 aliphatic rings. The van der Waals surface area contributed by atoms with Gasteiger partial charge in [-0.2, -0.15) is 0 Å². The number of carbonyl (C=O) groups excluding carboxylic acids is 7. The number of nitrogens with zero attached hydrogens (tertiary/aromatic N) is 1. The van der Waals surface area contributed by atoms with Gasteiger partial charge in [0.2, 0.25) is 5.91 Å². The monoisotopic (exact) mass is 508 g/mol. The van der Waals surface area contributed by atoms with Gasteiger partial charge in [0.25, 0.3) is 11.8 Å². The highest BCUT2D eigenvalue weighted by Crippen LogP contribution is 2.19. The van der Waals surface area contributed by atoms with Crippen molar-refractivity contribution in [2.45, 2.75) is 58.4 Å². The standard InChI is InChI=1S/C23H36N6O7/c1-14(2)21(34)15(5-3-10-26-22(24)35)13-17(30)16(6-4-11-27-23(25)36)28-18(31)9-12-29-19(32)7-8-20(29)33/h7-8,14-16H,3-6,9-13H2,1-2H3,(H,28,31)(H3,24,26,35)(H3,25,27,36)/t15-,16+/m1/s1. The lowest BCUT2D eigenvalue weighted by Crippen LogP contribution is -2.44. The van der Waals surface area contributed by atoms with Crippen LogP contribution in [0.2, 0.25) is 0 Å². The molecule has 0 bridgehead atoms. The number of ketones is 2. The third-order valence-electron chi connectivity index (χ3n) is 5.60. The molecule has 13 heteroatoms. The van der Waals surface area contributed by atoms with Crippen LogP contribution in [0.25, 0.3) is 0 Å². The van der Waals surface area contributed by atoms with E-state index in [9.17, 15) is 33.6 Å². The van der Waals surface area contributed by atoms with E-state index < -0.39 is 41.7 Å². The number of primary amides is 2. The van der Waals surface area contributed by atoms with Crippen LogP contribution in [-0.2, 0) is 24.0 Å². The molecule has 0 saturated carbocycles. The lowest BCUT2D eigenvalue weighted by atomic mass is 9.85. The Morgan fingerprint density at radius 1 is 0.889 bits per heavy atom. The van der Waals surface area contributed by atoms with Gasteiger partial charge in [-0.1, -0.05) is 13.8 Å². The second-order valence-corrected chi connectivity index (χ2v) is 8.82. The minimum atomic E-state index is -0.943. The fourth-order valence-corrected chi connectivity index (χ4v) is 3.72. The average molecular weight is 509 g/mol. The number of nitrogens with two attached hydrogens (primary N) is 2. The summed E-state index contributed by atoms with van der Waals surface area (Å²) in [6.07, 6.45) is 3.21. The fraction of sp³-hybridized carbons (Fsp3) is 0.609. The van der Waals surface area contributed by atoms with Crippen LogP contribution in [0, 0.1) is 11.8 Å². The summed E-state index contributed by atoms with van der Waals surface area (Å²) < 4.78 is 0. The highest BCUT2D eigenvalue weighted by atomic mass is 16.2. The Kier molecular flexibility index (Phi) is 12.8. The number of carbonyl (C=O) groups is 7. The maximum atomic E-state index is 13.2. The zero-order valence-electron chi connectivity index (χ0n) is 20.7. The summed E-state index contributed by atoms with van der Waals surface area (Å²) in [6, 6.07) is -2.35. The normalized spacial score (nSPS) is 14.5. The van der Waals surface area contributed by atoms with Gasteiger partial charge in [-0.25, -0.2) is 9.59 Å². The molecule has 1 rings (SSSR count). The lowest BCUT2D eigenvalue weighted by molar-refractivity contribution is -0.137. The van der Waals surface area contributed by atoms with Gasteiger partial charge < -0.3 is 27.4 Å². The first-order valence-corrected chi connectivity index (χ1v) is 11.9. The summed E-state index contributed by atoms with van der Waals surface area (Å²) in [6.45, 7) is 3.76. The second-order valence-electron chi connectivity index (χ2n) is 8.82. The van der Waals surface area contributed by atoms with Crippen LogP contribution < -0.4 is 27.4 Å². The van der Waals surface area contributed by atoms with Gasteiger partial charge in [-0.15, -0.1) is 0 Å². The van der Waals surface area contributed by atoms with Gasteiger partial charge in [0.05, 0.1) is 6.04 Å². The van der Waals surface area contributed by atoms with Crippen LogP contribution >= 0.6 is 0 Å². The van der Waals surface area contributed by atoms with Crippen molar-refractivity contribution in [1.29, 1.82) is 0 Å². The number of hydrogen-bond donors (Lipinski definition) is 5. The second kappa shape index (κ2) is 15.3. The van der Waals surface area contributed by atoms with E-state index in [-0.39, 0.29) is 56.4 Å². The molecule has 0 aromatic rings. The van der Waals surface area contributed by atoms with Crippen molar-refractivity contribution >= 4 is 41.4 Å². The number of hydrogen-bond acceptors (Lipinski definition) is 7. The van der Waals surface area contributed by atoms with Gasteiger partial charge in [0, 0.05) is 56.5 Å². The molecule has 13 nitrogen and oxygen atoms in total. The van der Waals surface area contributed by atoms with Gasteiger partial charge >= 0.3 is 12.1 Å². The molecule has 1 aliphatic heterocycles. The van der Waals surface area contributed by atoms with Crippen molar-refractivity contribution in [2.24, 2.45) is 23.3 Å². The highest BCUT2D eigenvalue weighted by Gasteiger charge is 2.29. The number of amides is 7. The van der Waals surface area contributed by atoms with Crippen molar-refractivity contribution in [3.05, 3.63) is 12.2 Å². The molecule has 0 aliphatic carbocycles. The first-order chi connectivity index (χ1) is 16.9. The molecule has 1 heterocycles. The summed E-state index contributed by atoms with van der Waals surface area (Å²) in [5.41, 5.74) is 10.1. The number of nitrogens with one attached hydrogen (secondary N) is 3. The Morgan fingerprint density at radius 3 is 1.92 bits per heavy atom. The molecular formula is C23H36N6O7. The molecule has 0 spiro atoms. The van der Waals surface area contributed by atoms with Crippen molar-refractivity contribution in [1.82, 2.24) is 20.9 Å². The molecule has 2 atom stereocenters. The molecule has 0 aromatic heterocycles. The van der Waals surface area contributed by atoms with Gasteiger partial charge in [0.15, 0.2) is 5.78 Å². The summed E-state index contributed by atoms with van der Waals surface area (Å²) >= 11 is 0. The molecule has 7 N–H and O–H groups in total. The number of rotatable bonds is 17. The summed E-state index contributed by atoms with van der Waals surface area (Å²) in [5, 5.41) is 7.48. The molecule has 36 heavy (non-hydrogen) atoms. The van der Waals surface area contributed by atoms with E-state index in [4.69, 9.17) is 11.5 Å². The zero-order chi connectivity index (χ0) is 27.3. The zero-order valence-corrected chi connectivity index (χ0v) is 20.7. The van der Waals surface area contributed by atoms with E-state index in [1.165, 1.54) is 0 Å². The molecule has 0 saturated heterocycles. The van der Waals surface area contributed by atoms with Crippen molar-refractivity contribution < 1.29 is 33.6 Å². The Hall–Kier alpha value is -3.77. The Balaban J connectivity index is 2.81. The fourth-order valence-electron chi connectivity index (χ4n) is 3.72. The van der Waals surface area contributed by atoms with E-state index in [2.05, 4.69) is 16.0 Å². The van der Waals surface area contributed by atoms with Crippen LogP contribution in [0.1, 0.15) is 52.4 Å². The predicted molar refractivity (Wildman–Crippen MR) is 129 cm³/mol. The molecule has 0 unspecified atom stereocenters.